The van der Waals surface area contributed by atoms with E-state index in [1.807, 2.05) is 41.2 Å². The molecular weight excluding hydrogens is 254 g/mol. The molecule has 106 valence electrons. The maximum atomic E-state index is 10.8. The van der Waals surface area contributed by atoms with E-state index in [2.05, 4.69) is 17.3 Å². The molecule has 0 fully saturated rings. The van der Waals surface area contributed by atoms with Gasteiger partial charge in [0, 0.05) is 25.0 Å². The van der Waals surface area contributed by atoms with Crippen LogP contribution in [0.25, 0.3) is 0 Å². The lowest BCUT2D eigenvalue weighted by Gasteiger charge is -2.15. The summed E-state index contributed by atoms with van der Waals surface area (Å²) in [6.45, 7) is 3.53. The first-order chi connectivity index (χ1) is 9.65. The quantitative estimate of drug-likeness (QED) is 0.805. The smallest absolute Gasteiger partial charge is 0.307 e. The molecule has 0 radical (unpaired) electrons. The first-order valence-corrected chi connectivity index (χ1v) is 6.64. The molecule has 1 aromatic heterocycles. The molecule has 0 bridgehead atoms. The summed E-state index contributed by atoms with van der Waals surface area (Å²) in [6, 6.07) is 9.78. The molecule has 0 saturated heterocycles. The number of hydrogen-bond acceptors (Lipinski definition) is 3. The number of nitrogens with zero attached hydrogens (tertiary/aromatic N) is 2. The minimum atomic E-state index is -0.804. The fourth-order valence-corrected chi connectivity index (χ4v) is 2.10. The van der Waals surface area contributed by atoms with Gasteiger partial charge in [0.25, 0.3) is 0 Å². The van der Waals surface area contributed by atoms with Crippen LogP contribution in [0.15, 0.2) is 42.7 Å². The third-order valence-electron chi connectivity index (χ3n) is 3.12. The molecular formula is C15H19N3O2. The molecule has 5 nitrogen and oxygen atoms in total. The standard InChI is InChI=1S/C15H19N3O2/c1-12(11-18-8-4-7-17-18)16-10-14-6-3-2-5-13(14)9-15(19)20/h2-8,12,16H,9-11H2,1H3,(H,19,20). The Morgan fingerprint density at radius 2 is 2.10 bits per heavy atom. The van der Waals surface area contributed by atoms with Crippen molar-refractivity contribution in [2.24, 2.45) is 0 Å². The van der Waals surface area contributed by atoms with Gasteiger partial charge in [-0.3, -0.25) is 9.48 Å². The monoisotopic (exact) mass is 273 g/mol. The molecule has 0 amide bonds. The van der Waals surface area contributed by atoms with E-state index >= 15 is 0 Å². The Hall–Kier alpha value is -2.14. The lowest BCUT2D eigenvalue weighted by atomic mass is 10.0. The maximum absolute atomic E-state index is 10.8. The lowest BCUT2D eigenvalue weighted by Crippen LogP contribution is -2.30. The first-order valence-electron chi connectivity index (χ1n) is 6.64. The number of benzene rings is 1. The summed E-state index contributed by atoms with van der Waals surface area (Å²) >= 11 is 0. The van der Waals surface area contributed by atoms with Crippen LogP contribution in [0.4, 0.5) is 0 Å². The zero-order valence-corrected chi connectivity index (χ0v) is 11.5. The van der Waals surface area contributed by atoms with Crippen LogP contribution >= 0.6 is 0 Å². The minimum Gasteiger partial charge on any atom is -0.481 e. The van der Waals surface area contributed by atoms with Crippen molar-refractivity contribution in [2.75, 3.05) is 0 Å². The van der Waals surface area contributed by atoms with Gasteiger partial charge in [-0.1, -0.05) is 24.3 Å². The highest BCUT2D eigenvalue weighted by molar-refractivity contribution is 5.70. The zero-order chi connectivity index (χ0) is 14.4. The molecule has 1 unspecified atom stereocenters. The van der Waals surface area contributed by atoms with E-state index in [1.54, 1.807) is 6.20 Å². The van der Waals surface area contributed by atoms with Gasteiger partial charge < -0.3 is 10.4 Å². The highest BCUT2D eigenvalue weighted by atomic mass is 16.4. The molecule has 0 aliphatic rings. The topological polar surface area (TPSA) is 67.2 Å². The summed E-state index contributed by atoms with van der Waals surface area (Å²) in [5.74, 6) is -0.804. The number of aromatic nitrogens is 2. The number of hydrogen-bond donors (Lipinski definition) is 2. The van der Waals surface area contributed by atoms with Crippen molar-refractivity contribution in [1.29, 1.82) is 0 Å². The van der Waals surface area contributed by atoms with Crippen LogP contribution in [0.3, 0.4) is 0 Å². The van der Waals surface area contributed by atoms with Crippen LogP contribution in [0.5, 0.6) is 0 Å². The van der Waals surface area contributed by atoms with Gasteiger partial charge in [0.15, 0.2) is 0 Å². The average Bonchev–Trinajstić information content (AvgIpc) is 2.90. The largest absolute Gasteiger partial charge is 0.481 e. The van der Waals surface area contributed by atoms with Crippen molar-refractivity contribution < 1.29 is 9.90 Å². The summed E-state index contributed by atoms with van der Waals surface area (Å²) in [5, 5.41) is 16.5. The molecule has 5 heteroatoms. The van der Waals surface area contributed by atoms with E-state index in [9.17, 15) is 4.79 Å². The van der Waals surface area contributed by atoms with Gasteiger partial charge in [-0.15, -0.1) is 0 Å². The molecule has 0 spiro atoms. The maximum Gasteiger partial charge on any atom is 0.307 e. The van der Waals surface area contributed by atoms with E-state index in [4.69, 9.17) is 5.11 Å². The van der Waals surface area contributed by atoms with Gasteiger partial charge in [0.2, 0.25) is 0 Å². The van der Waals surface area contributed by atoms with Gasteiger partial charge >= 0.3 is 5.97 Å². The van der Waals surface area contributed by atoms with Crippen molar-refractivity contribution in [3.05, 3.63) is 53.9 Å². The van der Waals surface area contributed by atoms with E-state index in [-0.39, 0.29) is 12.5 Å². The zero-order valence-electron chi connectivity index (χ0n) is 11.5. The average molecular weight is 273 g/mol. The van der Waals surface area contributed by atoms with Gasteiger partial charge in [-0.2, -0.15) is 5.10 Å². The summed E-state index contributed by atoms with van der Waals surface area (Å²) in [6.07, 6.45) is 3.75. The van der Waals surface area contributed by atoms with E-state index in [1.165, 1.54) is 0 Å². The summed E-state index contributed by atoms with van der Waals surface area (Å²) in [5.41, 5.74) is 1.89. The Bertz CT molecular complexity index is 552. The summed E-state index contributed by atoms with van der Waals surface area (Å²) in [4.78, 5) is 10.8. The number of carboxylic acids is 1. The Morgan fingerprint density at radius 1 is 1.35 bits per heavy atom. The molecule has 1 heterocycles. The lowest BCUT2D eigenvalue weighted by molar-refractivity contribution is -0.136. The summed E-state index contributed by atoms with van der Waals surface area (Å²) < 4.78 is 1.88. The fraction of sp³-hybridized carbons (Fsp3) is 0.333. The van der Waals surface area contributed by atoms with E-state index in [0.717, 1.165) is 17.7 Å². The molecule has 20 heavy (non-hydrogen) atoms. The van der Waals surface area contributed by atoms with Crippen molar-refractivity contribution in [3.63, 3.8) is 0 Å². The third-order valence-corrected chi connectivity index (χ3v) is 3.12. The minimum absolute atomic E-state index is 0.0609. The van der Waals surface area contributed by atoms with Crippen LogP contribution in [-0.2, 0) is 24.3 Å². The predicted molar refractivity (Wildman–Crippen MR) is 76.3 cm³/mol. The Kier molecular flexibility index (Phi) is 4.90. The normalized spacial score (nSPS) is 12.2. The van der Waals surface area contributed by atoms with Crippen LogP contribution < -0.4 is 5.32 Å². The number of nitrogens with one attached hydrogen (secondary N) is 1. The van der Waals surface area contributed by atoms with Gasteiger partial charge in [0.1, 0.15) is 0 Å². The van der Waals surface area contributed by atoms with Crippen LogP contribution in [-0.4, -0.2) is 26.9 Å². The fourth-order valence-electron chi connectivity index (χ4n) is 2.10. The Labute approximate surface area is 118 Å². The Balaban J connectivity index is 1.91. The number of carboxylic acid groups (broad SMARTS) is 1. The highest BCUT2D eigenvalue weighted by Crippen LogP contribution is 2.10. The summed E-state index contributed by atoms with van der Waals surface area (Å²) in [7, 11) is 0. The number of carbonyl (C=O) groups is 1. The van der Waals surface area contributed by atoms with Crippen molar-refractivity contribution in [1.82, 2.24) is 15.1 Å². The van der Waals surface area contributed by atoms with Gasteiger partial charge in [0.05, 0.1) is 13.0 Å². The Morgan fingerprint density at radius 3 is 2.75 bits per heavy atom. The molecule has 0 saturated carbocycles. The number of rotatable bonds is 7. The molecule has 0 aliphatic carbocycles. The van der Waals surface area contributed by atoms with Crippen LogP contribution in [0, 0.1) is 0 Å². The third kappa shape index (κ3) is 4.20. The van der Waals surface area contributed by atoms with Crippen molar-refractivity contribution in [3.8, 4) is 0 Å². The van der Waals surface area contributed by atoms with E-state index < -0.39 is 5.97 Å². The van der Waals surface area contributed by atoms with Crippen molar-refractivity contribution >= 4 is 5.97 Å². The molecule has 0 aliphatic heterocycles. The second-order valence-electron chi connectivity index (χ2n) is 4.85. The predicted octanol–water partition coefficient (Wildman–Crippen LogP) is 1.69. The molecule has 2 aromatic rings. The highest BCUT2D eigenvalue weighted by Gasteiger charge is 2.08. The van der Waals surface area contributed by atoms with Gasteiger partial charge in [-0.25, -0.2) is 0 Å². The number of aliphatic carboxylic acids is 1. The van der Waals surface area contributed by atoms with Crippen LogP contribution in [0.2, 0.25) is 0 Å². The molecule has 2 N–H and O–H groups in total. The SMILES string of the molecule is CC(Cn1cccn1)NCc1ccccc1CC(=O)O. The second kappa shape index (κ2) is 6.86. The van der Waals surface area contributed by atoms with Gasteiger partial charge in [-0.05, 0) is 24.1 Å². The van der Waals surface area contributed by atoms with E-state index in [0.29, 0.717) is 6.54 Å². The second-order valence-corrected chi connectivity index (χ2v) is 4.85. The molecule has 1 atom stereocenters. The van der Waals surface area contributed by atoms with Crippen LogP contribution in [0.1, 0.15) is 18.1 Å². The first kappa shape index (κ1) is 14.3. The molecule has 1 aromatic carbocycles. The molecule has 2 rings (SSSR count). The van der Waals surface area contributed by atoms with Crippen molar-refractivity contribution in [2.45, 2.75) is 32.5 Å².